The molecule has 0 bridgehead atoms. The molecule has 0 aromatic heterocycles. The van der Waals surface area contributed by atoms with Crippen LogP contribution in [0.3, 0.4) is 0 Å². The van der Waals surface area contributed by atoms with Gasteiger partial charge in [0.2, 0.25) is 5.67 Å². The lowest BCUT2D eigenvalue weighted by Gasteiger charge is -2.31. The largest absolute Gasteiger partial charge is 0.480 e. The number of hydrogen-bond donors (Lipinski definition) is 3. The van der Waals surface area contributed by atoms with Crippen LogP contribution in [0.25, 0.3) is 0 Å². The second-order valence-electron chi connectivity index (χ2n) is 6.18. The third kappa shape index (κ3) is 2.11. The van der Waals surface area contributed by atoms with E-state index in [1.54, 1.807) is 0 Å². The number of ether oxygens (including phenoxy) is 1. The average molecular weight is 345 g/mol. The normalized spacial score (nSPS) is 37.1. The number of carboxylic acids is 2. The van der Waals surface area contributed by atoms with Crippen molar-refractivity contribution in [1.82, 2.24) is 0 Å². The molecule has 0 heterocycles. The number of rotatable bonds is 5. The molecule has 5 atom stereocenters. The first-order chi connectivity index (χ1) is 11.1. The molecule has 2 aliphatic rings. The van der Waals surface area contributed by atoms with Gasteiger partial charge in [-0.3, -0.25) is 4.79 Å². The summed E-state index contributed by atoms with van der Waals surface area (Å²) >= 11 is 0. The van der Waals surface area contributed by atoms with Crippen molar-refractivity contribution in [1.29, 1.82) is 0 Å². The number of halogens is 3. The maximum absolute atomic E-state index is 14.3. The molecule has 0 amide bonds. The van der Waals surface area contributed by atoms with Gasteiger partial charge < -0.3 is 20.7 Å². The molecule has 2 aliphatic carbocycles. The minimum Gasteiger partial charge on any atom is -0.480 e. The highest BCUT2D eigenvalue weighted by molar-refractivity contribution is 5.90. The molecule has 1 aromatic rings. The third-order valence-electron chi connectivity index (χ3n) is 4.93. The SMILES string of the molecule is N[C@]1(C(=O)O)[C@H]2[C@@H](C[C@H]1OCc1ccc(F)c(F)c1)[C@]2(F)C(=O)O. The predicted molar refractivity (Wildman–Crippen MR) is 72.6 cm³/mol. The van der Waals surface area contributed by atoms with E-state index < -0.39 is 52.7 Å². The Kier molecular flexibility index (Phi) is 3.61. The van der Waals surface area contributed by atoms with E-state index in [-0.39, 0.29) is 18.6 Å². The van der Waals surface area contributed by atoms with Crippen molar-refractivity contribution in [2.24, 2.45) is 17.6 Å². The van der Waals surface area contributed by atoms with E-state index in [0.717, 1.165) is 12.1 Å². The first-order valence-corrected chi connectivity index (χ1v) is 7.13. The molecule has 2 saturated carbocycles. The summed E-state index contributed by atoms with van der Waals surface area (Å²) in [6.07, 6.45) is -1.32. The van der Waals surface area contributed by atoms with E-state index in [4.69, 9.17) is 15.6 Å². The number of fused-ring (bicyclic) bond motifs is 1. The van der Waals surface area contributed by atoms with Gasteiger partial charge in [-0.15, -0.1) is 0 Å². The Balaban J connectivity index is 1.76. The Hall–Kier alpha value is -2.13. The van der Waals surface area contributed by atoms with Gasteiger partial charge in [0.05, 0.1) is 12.7 Å². The van der Waals surface area contributed by atoms with E-state index in [9.17, 15) is 27.9 Å². The van der Waals surface area contributed by atoms with E-state index in [1.165, 1.54) is 6.07 Å². The summed E-state index contributed by atoms with van der Waals surface area (Å²) in [5.41, 5.74) is 1.17. The first-order valence-electron chi connectivity index (χ1n) is 7.13. The Morgan fingerprint density at radius 2 is 1.92 bits per heavy atom. The van der Waals surface area contributed by atoms with E-state index >= 15 is 0 Å². The molecule has 130 valence electrons. The lowest BCUT2D eigenvalue weighted by atomic mass is 9.88. The molecule has 4 N–H and O–H groups in total. The fourth-order valence-corrected chi connectivity index (χ4v) is 3.63. The summed E-state index contributed by atoms with van der Waals surface area (Å²) < 4.78 is 45.7. The van der Waals surface area contributed by atoms with Crippen molar-refractivity contribution in [3.8, 4) is 0 Å². The predicted octanol–water partition coefficient (Wildman–Crippen LogP) is 1.07. The molecule has 0 spiro atoms. The van der Waals surface area contributed by atoms with Crippen LogP contribution in [0.1, 0.15) is 12.0 Å². The van der Waals surface area contributed by atoms with Gasteiger partial charge in [0.15, 0.2) is 11.6 Å². The summed E-state index contributed by atoms with van der Waals surface area (Å²) in [5, 5.41) is 18.3. The molecule has 3 rings (SSSR count). The molecule has 1 aromatic carbocycles. The lowest BCUT2D eigenvalue weighted by Crippen LogP contribution is -2.60. The van der Waals surface area contributed by atoms with E-state index in [2.05, 4.69) is 0 Å². The zero-order valence-electron chi connectivity index (χ0n) is 12.2. The van der Waals surface area contributed by atoms with Gasteiger partial charge in [-0.05, 0) is 24.1 Å². The van der Waals surface area contributed by atoms with E-state index in [1.807, 2.05) is 0 Å². The van der Waals surface area contributed by atoms with Gasteiger partial charge in [0.25, 0.3) is 0 Å². The average Bonchev–Trinajstić information content (AvgIpc) is 2.98. The highest BCUT2D eigenvalue weighted by Crippen LogP contribution is 2.67. The molecule has 0 saturated heterocycles. The van der Waals surface area contributed by atoms with Crippen LogP contribution in [-0.2, 0) is 20.9 Å². The minimum absolute atomic E-state index is 0.181. The first kappa shape index (κ1) is 16.7. The maximum Gasteiger partial charge on any atom is 0.342 e. The van der Waals surface area contributed by atoms with Crippen molar-refractivity contribution >= 4 is 11.9 Å². The topological polar surface area (TPSA) is 110 Å². The number of carbonyl (C=O) groups is 2. The minimum atomic E-state index is -2.67. The zero-order chi connectivity index (χ0) is 17.9. The van der Waals surface area contributed by atoms with Crippen molar-refractivity contribution in [3.05, 3.63) is 35.4 Å². The van der Waals surface area contributed by atoms with Crippen molar-refractivity contribution in [3.63, 3.8) is 0 Å². The van der Waals surface area contributed by atoms with E-state index in [0.29, 0.717) is 0 Å². The summed E-state index contributed by atoms with van der Waals surface area (Å²) in [6, 6.07) is 3.04. The molecule has 2 fully saturated rings. The maximum atomic E-state index is 14.3. The number of hydrogen-bond acceptors (Lipinski definition) is 4. The molecular weight excluding hydrogens is 331 g/mol. The third-order valence-corrected chi connectivity index (χ3v) is 4.93. The summed E-state index contributed by atoms with van der Waals surface area (Å²) in [4.78, 5) is 22.5. The Bertz CT molecular complexity index is 729. The van der Waals surface area contributed by atoms with Crippen LogP contribution < -0.4 is 5.73 Å². The van der Waals surface area contributed by atoms with Crippen molar-refractivity contribution in [2.75, 3.05) is 0 Å². The number of benzene rings is 1. The number of alkyl halides is 1. The monoisotopic (exact) mass is 345 g/mol. The number of aliphatic carboxylic acids is 2. The molecular formula is C15H14F3NO5. The van der Waals surface area contributed by atoms with Crippen LogP contribution in [0.2, 0.25) is 0 Å². The fourth-order valence-electron chi connectivity index (χ4n) is 3.63. The van der Waals surface area contributed by atoms with Crippen LogP contribution in [0.4, 0.5) is 13.2 Å². The smallest absolute Gasteiger partial charge is 0.342 e. The Morgan fingerprint density at radius 1 is 1.25 bits per heavy atom. The number of carboxylic acid groups (broad SMARTS) is 2. The summed E-state index contributed by atoms with van der Waals surface area (Å²) in [7, 11) is 0. The number of nitrogens with two attached hydrogens (primary N) is 1. The van der Waals surface area contributed by atoms with Crippen LogP contribution in [0.15, 0.2) is 18.2 Å². The van der Waals surface area contributed by atoms with Gasteiger partial charge in [0, 0.05) is 11.8 Å². The second kappa shape index (κ2) is 5.18. The van der Waals surface area contributed by atoms with Gasteiger partial charge in [-0.1, -0.05) is 6.07 Å². The van der Waals surface area contributed by atoms with Gasteiger partial charge in [0.1, 0.15) is 5.54 Å². The fraction of sp³-hybridized carbons (Fsp3) is 0.467. The van der Waals surface area contributed by atoms with Crippen LogP contribution >= 0.6 is 0 Å². The Labute approximate surface area is 134 Å². The molecule has 0 unspecified atom stereocenters. The second-order valence-corrected chi connectivity index (χ2v) is 6.18. The molecule has 0 aliphatic heterocycles. The van der Waals surface area contributed by atoms with Crippen molar-refractivity contribution < 1.29 is 37.7 Å². The van der Waals surface area contributed by atoms with Gasteiger partial charge in [-0.25, -0.2) is 18.0 Å². The van der Waals surface area contributed by atoms with Gasteiger partial charge in [-0.2, -0.15) is 0 Å². The van der Waals surface area contributed by atoms with Crippen LogP contribution in [0, 0.1) is 23.5 Å². The quantitative estimate of drug-likeness (QED) is 0.736. The summed E-state index contributed by atoms with van der Waals surface area (Å²) in [6.45, 7) is -0.264. The lowest BCUT2D eigenvalue weighted by molar-refractivity contribution is -0.156. The highest BCUT2D eigenvalue weighted by atomic mass is 19.2. The Morgan fingerprint density at radius 3 is 2.46 bits per heavy atom. The van der Waals surface area contributed by atoms with Crippen LogP contribution in [-0.4, -0.2) is 39.5 Å². The highest BCUT2D eigenvalue weighted by Gasteiger charge is 2.85. The molecule has 24 heavy (non-hydrogen) atoms. The standard InChI is InChI=1S/C15H14F3NO5/c16-8-2-1-6(3-9(8)17)5-24-10-4-7-11(14(7,18)12(20)21)15(10,19)13(22)23/h1-3,7,10-11H,4-5,19H2,(H,20,21)(H,22,23)/t7-,10-,11+,14-,15+/m1/s1. The zero-order valence-corrected chi connectivity index (χ0v) is 12.2. The van der Waals surface area contributed by atoms with Crippen molar-refractivity contribution in [2.45, 2.75) is 30.3 Å². The van der Waals surface area contributed by atoms with Crippen LogP contribution in [0.5, 0.6) is 0 Å². The van der Waals surface area contributed by atoms with Gasteiger partial charge >= 0.3 is 11.9 Å². The molecule has 9 heteroatoms. The summed E-state index contributed by atoms with van der Waals surface area (Å²) in [5.74, 6) is -7.88. The molecule has 6 nitrogen and oxygen atoms in total. The molecule has 0 radical (unpaired) electrons.